The molecular formula is C15H18F2N4O2. The molecule has 0 aliphatic heterocycles. The average molecular weight is 324 g/mol. The van der Waals surface area contributed by atoms with E-state index >= 15 is 0 Å². The molecule has 2 N–H and O–H groups in total. The molecule has 0 unspecified atom stereocenters. The lowest BCUT2D eigenvalue weighted by Gasteiger charge is -2.08. The second-order valence-electron chi connectivity index (χ2n) is 5.31. The van der Waals surface area contributed by atoms with Crippen LogP contribution >= 0.6 is 0 Å². The van der Waals surface area contributed by atoms with E-state index in [1.165, 1.54) is 12.3 Å². The molecule has 0 atom stereocenters. The summed E-state index contributed by atoms with van der Waals surface area (Å²) in [6.45, 7) is 4.40. The van der Waals surface area contributed by atoms with E-state index in [1.54, 1.807) is 6.07 Å². The van der Waals surface area contributed by atoms with Gasteiger partial charge in [-0.25, -0.2) is 23.7 Å². The van der Waals surface area contributed by atoms with Gasteiger partial charge in [0.25, 0.3) is 0 Å². The molecule has 1 heterocycles. The minimum Gasteiger partial charge on any atom is -0.331 e. The number of rotatable bonds is 6. The summed E-state index contributed by atoms with van der Waals surface area (Å²) in [5.41, 5.74) is 2.43. The number of aromatic nitrogens is 2. The van der Waals surface area contributed by atoms with Gasteiger partial charge in [0.15, 0.2) is 11.6 Å². The van der Waals surface area contributed by atoms with Crippen molar-refractivity contribution in [2.24, 2.45) is 5.92 Å². The Bertz CT molecular complexity index is 653. The van der Waals surface area contributed by atoms with Crippen molar-refractivity contribution in [2.75, 3.05) is 6.61 Å². The summed E-state index contributed by atoms with van der Waals surface area (Å²) < 4.78 is 28.4. The van der Waals surface area contributed by atoms with E-state index in [9.17, 15) is 13.6 Å². The lowest BCUT2D eigenvalue weighted by Crippen LogP contribution is -2.35. The van der Waals surface area contributed by atoms with Gasteiger partial charge in [-0.3, -0.25) is 4.84 Å². The topological polar surface area (TPSA) is 68.2 Å². The number of hydrogen-bond acceptors (Lipinski definition) is 3. The molecule has 1 aromatic heterocycles. The molecular weight excluding hydrogens is 306 g/mol. The maximum atomic E-state index is 13.7. The van der Waals surface area contributed by atoms with Gasteiger partial charge in [0.05, 0.1) is 18.8 Å². The molecule has 23 heavy (non-hydrogen) atoms. The quantitative estimate of drug-likeness (QED) is 0.802. The van der Waals surface area contributed by atoms with E-state index in [2.05, 4.69) is 15.9 Å². The van der Waals surface area contributed by atoms with Crippen LogP contribution in [0.2, 0.25) is 0 Å². The van der Waals surface area contributed by atoms with Gasteiger partial charge in [-0.1, -0.05) is 19.9 Å². The second kappa shape index (κ2) is 7.68. The Morgan fingerprint density at radius 3 is 2.65 bits per heavy atom. The van der Waals surface area contributed by atoms with E-state index in [-0.39, 0.29) is 12.2 Å². The zero-order valence-electron chi connectivity index (χ0n) is 12.8. The molecule has 124 valence electrons. The minimum atomic E-state index is -0.715. The molecule has 0 aliphatic rings. The van der Waals surface area contributed by atoms with Crippen LogP contribution in [0, 0.1) is 17.6 Å². The van der Waals surface area contributed by atoms with Crippen molar-refractivity contribution < 1.29 is 18.4 Å². The Balaban J connectivity index is 1.92. The van der Waals surface area contributed by atoms with E-state index in [1.807, 2.05) is 13.8 Å². The van der Waals surface area contributed by atoms with Crippen molar-refractivity contribution in [2.45, 2.75) is 20.4 Å². The van der Waals surface area contributed by atoms with Crippen LogP contribution in [0.3, 0.4) is 0 Å². The standard InChI is InChI=1S/C15H18F2N4O2/c1-10(2)9-23-20-15(22)18-8-11-6-7-21(19-11)14-12(16)4-3-5-13(14)17/h3-7,10H,8-9H2,1-2H3,(H2,18,20,22). The summed E-state index contributed by atoms with van der Waals surface area (Å²) in [5, 5.41) is 6.56. The Kier molecular flexibility index (Phi) is 5.64. The summed E-state index contributed by atoms with van der Waals surface area (Å²) in [6, 6.07) is 4.62. The van der Waals surface area contributed by atoms with Crippen molar-refractivity contribution in [1.82, 2.24) is 20.6 Å². The third-order valence-corrected chi connectivity index (χ3v) is 2.82. The van der Waals surface area contributed by atoms with Crippen LogP contribution in [0.4, 0.5) is 13.6 Å². The minimum absolute atomic E-state index is 0.0972. The number of hydroxylamine groups is 1. The molecule has 8 heteroatoms. The molecule has 0 saturated heterocycles. The lowest BCUT2D eigenvalue weighted by molar-refractivity contribution is 0.0439. The smallest absolute Gasteiger partial charge is 0.331 e. The largest absolute Gasteiger partial charge is 0.339 e. The maximum Gasteiger partial charge on any atom is 0.339 e. The molecule has 2 aromatic rings. The van der Waals surface area contributed by atoms with E-state index < -0.39 is 17.7 Å². The number of urea groups is 1. The van der Waals surface area contributed by atoms with Crippen LogP contribution < -0.4 is 10.8 Å². The highest BCUT2D eigenvalue weighted by molar-refractivity contribution is 5.72. The van der Waals surface area contributed by atoms with Gasteiger partial charge < -0.3 is 5.32 Å². The zero-order valence-corrected chi connectivity index (χ0v) is 12.8. The van der Waals surface area contributed by atoms with Crippen LogP contribution in [-0.2, 0) is 11.4 Å². The molecule has 0 spiro atoms. The highest BCUT2D eigenvalue weighted by Gasteiger charge is 2.12. The first-order chi connectivity index (χ1) is 11.0. The Hall–Kier alpha value is -2.48. The predicted molar refractivity (Wildman–Crippen MR) is 79.6 cm³/mol. The van der Waals surface area contributed by atoms with Crippen molar-refractivity contribution in [3.63, 3.8) is 0 Å². The molecule has 0 radical (unpaired) electrons. The van der Waals surface area contributed by atoms with E-state index in [4.69, 9.17) is 4.84 Å². The fraction of sp³-hybridized carbons (Fsp3) is 0.333. The lowest BCUT2D eigenvalue weighted by atomic mass is 10.2. The molecule has 0 saturated carbocycles. The fourth-order valence-electron chi connectivity index (χ4n) is 1.77. The summed E-state index contributed by atoms with van der Waals surface area (Å²) in [4.78, 5) is 16.4. The van der Waals surface area contributed by atoms with Crippen molar-refractivity contribution >= 4 is 6.03 Å². The predicted octanol–water partition coefficient (Wildman–Crippen LogP) is 2.54. The summed E-state index contributed by atoms with van der Waals surface area (Å²) in [5.74, 6) is -1.14. The van der Waals surface area contributed by atoms with Gasteiger partial charge in [0.1, 0.15) is 5.69 Å². The Morgan fingerprint density at radius 1 is 1.30 bits per heavy atom. The Morgan fingerprint density at radius 2 is 2.00 bits per heavy atom. The normalized spacial score (nSPS) is 10.8. The molecule has 2 amide bonds. The van der Waals surface area contributed by atoms with Crippen molar-refractivity contribution in [3.8, 4) is 5.69 Å². The fourth-order valence-corrected chi connectivity index (χ4v) is 1.77. The van der Waals surface area contributed by atoms with Crippen LogP contribution in [0.15, 0.2) is 30.5 Å². The van der Waals surface area contributed by atoms with Gasteiger partial charge in [-0.05, 0) is 24.1 Å². The number of halogens is 2. The molecule has 0 fully saturated rings. The molecule has 2 rings (SSSR count). The third-order valence-electron chi connectivity index (χ3n) is 2.82. The summed E-state index contributed by atoms with van der Waals surface area (Å²) in [6.07, 6.45) is 1.42. The number of nitrogens with one attached hydrogen (secondary N) is 2. The number of nitrogens with zero attached hydrogens (tertiary/aromatic N) is 2. The van der Waals surface area contributed by atoms with Gasteiger partial charge in [0, 0.05) is 6.20 Å². The maximum absolute atomic E-state index is 13.7. The highest BCUT2D eigenvalue weighted by atomic mass is 19.1. The van der Waals surface area contributed by atoms with E-state index in [0.717, 1.165) is 16.8 Å². The second-order valence-corrected chi connectivity index (χ2v) is 5.31. The van der Waals surface area contributed by atoms with Gasteiger partial charge in [0.2, 0.25) is 0 Å². The zero-order chi connectivity index (χ0) is 16.8. The molecule has 6 nitrogen and oxygen atoms in total. The van der Waals surface area contributed by atoms with Crippen LogP contribution in [0.5, 0.6) is 0 Å². The van der Waals surface area contributed by atoms with Gasteiger partial charge in [-0.2, -0.15) is 5.10 Å². The highest BCUT2D eigenvalue weighted by Crippen LogP contribution is 2.16. The van der Waals surface area contributed by atoms with Crippen LogP contribution in [-0.4, -0.2) is 22.4 Å². The average Bonchev–Trinajstić information content (AvgIpc) is 2.93. The number of hydrogen-bond donors (Lipinski definition) is 2. The monoisotopic (exact) mass is 324 g/mol. The van der Waals surface area contributed by atoms with Gasteiger partial charge >= 0.3 is 6.03 Å². The number of amides is 2. The summed E-state index contributed by atoms with van der Waals surface area (Å²) >= 11 is 0. The first kappa shape index (κ1) is 16.9. The molecule has 0 bridgehead atoms. The van der Waals surface area contributed by atoms with Crippen molar-refractivity contribution in [3.05, 3.63) is 47.8 Å². The Labute approximate surface area is 132 Å². The SMILES string of the molecule is CC(C)CONC(=O)NCc1ccn(-c2c(F)cccc2F)n1. The third kappa shape index (κ3) is 4.75. The number of benzene rings is 1. The first-order valence-corrected chi connectivity index (χ1v) is 7.12. The molecule has 1 aromatic carbocycles. The summed E-state index contributed by atoms with van der Waals surface area (Å²) in [7, 11) is 0. The van der Waals surface area contributed by atoms with Crippen LogP contribution in [0.25, 0.3) is 5.69 Å². The van der Waals surface area contributed by atoms with E-state index in [0.29, 0.717) is 18.2 Å². The first-order valence-electron chi connectivity index (χ1n) is 7.12. The number of carbonyl (C=O) groups is 1. The number of para-hydroxylation sites is 1. The van der Waals surface area contributed by atoms with Crippen molar-refractivity contribution in [1.29, 1.82) is 0 Å². The van der Waals surface area contributed by atoms with Crippen LogP contribution in [0.1, 0.15) is 19.5 Å². The van der Waals surface area contributed by atoms with Gasteiger partial charge in [-0.15, -0.1) is 0 Å². The molecule has 0 aliphatic carbocycles. The number of carbonyl (C=O) groups excluding carboxylic acids is 1.